The van der Waals surface area contributed by atoms with Crippen molar-refractivity contribution in [3.05, 3.63) is 95.3 Å². The number of piperidine rings is 1. The van der Waals surface area contributed by atoms with Gasteiger partial charge >= 0.3 is 0 Å². The van der Waals surface area contributed by atoms with Crippen LogP contribution < -0.4 is 4.90 Å². The van der Waals surface area contributed by atoms with Crippen LogP contribution in [0.2, 0.25) is 0 Å². The fourth-order valence-electron chi connectivity index (χ4n) is 6.07. The van der Waals surface area contributed by atoms with Crippen LogP contribution in [0.1, 0.15) is 36.0 Å². The summed E-state index contributed by atoms with van der Waals surface area (Å²) in [7, 11) is -2.31. The summed E-state index contributed by atoms with van der Waals surface area (Å²) >= 11 is 0. The third kappa shape index (κ3) is 3.98. The molecule has 210 valence electrons. The van der Waals surface area contributed by atoms with E-state index in [0.717, 1.165) is 19.3 Å². The van der Waals surface area contributed by atoms with E-state index in [2.05, 4.69) is 4.98 Å². The maximum Gasteiger partial charge on any atom is 0.296 e. The minimum atomic E-state index is -3.86. The molecule has 3 aliphatic heterocycles. The number of aliphatic hydroxyl groups excluding tert-OH is 1. The lowest BCUT2D eigenvalue weighted by Gasteiger charge is -2.34. The number of para-hydroxylation sites is 1. The Labute approximate surface area is 237 Å². The van der Waals surface area contributed by atoms with E-state index in [9.17, 15) is 27.9 Å². The van der Waals surface area contributed by atoms with Crippen molar-refractivity contribution in [2.24, 2.45) is 0 Å². The lowest BCUT2D eigenvalue weighted by molar-refractivity contribution is -0.144. The first-order valence-electron chi connectivity index (χ1n) is 13.4. The number of benzene rings is 2. The molecule has 3 aromatic rings. The second kappa shape index (κ2) is 9.93. The lowest BCUT2D eigenvalue weighted by atomic mass is 9.81. The van der Waals surface area contributed by atoms with Crippen molar-refractivity contribution in [1.29, 1.82) is 0 Å². The van der Waals surface area contributed by atoms with Crippen molar-refractivity contribution < 1.29 is 27.9 Å². The van der Waals surface area contributed by atoms with Gasteiger partial charge in [-0.05, 0) is 42.7 Å². The van der Waals surface area contributed by atoms with Crippen LogP contribution in [0.4, 0.5) is 5.69 Å². The molecule has 0 radical (unpaired) electrons. The Morgan fingerprint density at radius 1 is 0.976 bits per heavy atom. The molecule has 1 spiro atoms. The van der Waals surface area contributed by atoms with Gasteiger partial charge in [0.05, 0.1) is 10.5 Å². The molecule has 2 fully saturated rings. The molecule has 0 aliphatic carbocycles. The zero-order valence-corrected chi connectivity index (χ0v) is 23.2. The zero-order valence-electron chi connectivity index (χ0n) is 22.4. The van der Waals surface area contributed by atoms with E-state index in [-0.39, 0.29) is 17.0 Å². The molecule has 3 aliphatic rings. The second-order valence-electron chi connectivity index (χ2n) is 10.4. The first-order chi connectivity index (χ1) is 19.7. The molecule has 6 rings (SSSR count). The van der Waals surface area contributed by atoms with Crippen LogP contribution in [0.15, 0.2) is 83.5 Å². The van der Waals surface area contributed by atoms with Crippen LogP contribution in [0.25, 0.3) is 5.76 Å². The number of fused-ring (bicyclic) bond motifs is 2. The normalized spacial score (nSPS) is 22.5. The van der Waals surface area contributed by atoms with Gasteiger partial charge in [0, 0.05) is 55.9 Å². The highest BCUT2D eigenvalue weighted by Crippen LogP contribution is 2.53. The number of pyridine rings is 1. The van der Waals surface area contributed by atoms with Crippen molar-refractivity contribution in [2.75, 3.05) is 25.0 Å². The van der Waals surface area contributed by atoms with Crippen LogP contribution in [0, 0.1) is 0 Å². The lowest BCUT2D eigenvalue weighted by Crippen LogP contribution is -2.50. The molecule has 4 heterocycles. The second-order valence-corrected chi connectivity index (χ2v) is 12.3. The van der Waals surface area contributed by atoms with Gasteiger partial charge in [-0.25, -0.2) is 8.42 Å². The van der Waals surface area contributed by atoms with Gasteiger partial charge in [-0.15, -0.1) is 0 Å². The number of ketones is 1. The van der Waals surface area contributed by atoms with Crippen LogP contribution in [0.3, 0.4) is 0 Å². The molecule has 1 unspecified atom stereocenters. The largest absolute Gasteiger partial charge is 0.507 e. The van der Waals surface area contributed by atoms with Crippen molar-refractivity contribution in [3.8, 4) is 0 Å². The summed E-state index contributed by atoms with van der Waals surface area (Å²) < 4.78 is 28.2. The molecular formula is C30H28N4O6S. The van der Waals surface area contributed by atoms with Crippen molar-refractivity contribution in [1.82, 2.24) is 14.2 Å². The van der Waals surface area contributed by atoms with Gasteiger partial charge in [0.25, 0.3) is 17.6 Å². The quantitative estimate of drug-likeness (QED) is 0.283. The summed E-state index contributed by atoms with van der Waals surface area (Å²) in [6.45, 7) is 0.680. The molecule has 10 nitrogen and oxygen atoms in total. The molecular weight excluding hydrogens is 544 g/mol. The molecule has 41 heavy (non-hydrogen) atoms. The SMILES string of the molecule is CN1C(=O)C2(/C(=C(/O)c3cccc(S(=O)(=O)N4CCCCC4)c3)C(=O)C(=O)N2Cc2cccnc2)c2ccccc21. The van der Waals surface area contributed by atoms with E-state index in [0.29, 0.717) is 29.9 Å². The molecule has 2 aromatic carbocycles. The number of carbonyl (C=O) groups is 3. The van der Waals surface area contributed by atoms with Gasteiger partial charge in [0.1, 0.15) is 5.76 Å². The molecule has 1 N–H and O–H groups in total. The van der Waals surface area contributed by atoms with E-state index >= 15 is 0 Å². The number of aliphatic hydroxyl groups is 1. The van der Waals surface area contributed by atoms with Gasteiger partial charge in [-0.2, -0.15) is 4.31 Å². The molecule has 2 saturated heterocycles. The summed E-state index contributed by atoms with van der Waals surface area (Å²) in [5, 5.41) is 11.7. The predicted octanol–water partition coefficient (Wildman–Crippen LogP) is 3.01. The average molecular weight is 573 g/mol. The monoisotopic (exact) mass is 572 g/mol. The van der Waals surface area contributed by atoms with E-state index < -0.39 is 44.5 Å². The van der Waals surface area contributed by atoms with Crippen LogP contribution in [0.5, 0.6) is 0 Å². The first kappa shape index (κ1) is 26.9. The van der Waals surface area contributed by atoms with Crippen molar-refractivity contribution in [2.45, 2.75) is 36.2 Å². The number of likely N-dealkylation sites (tertiary alicyclic amines) is 1. The summed E-state index contributed by atoms with van der Waals surface area (Å²) in [5.41, 5.74) is -0.899. The smallest absolute Gasteiger partial charge is 0.296 e. The van der Waals surface area contributed by atoms with E-state index in [1.165, 1.54) is 44.6 Å². The molecule has 11 heteroatoms. The summed E-state index contributed by atoms with van der Waals surface area (Å²) in [4.78, 5) is 48.2. The number of sulfonamides is 1. The van der Waals surface area contributed by atoms with E-state index in [1.807, 2.05) is 0 Å². The van der Waals surface area contributed by atoms with Gasteiger partial charge < -0.3 is 14.9 Å². The number of hydrogen-bond acceptors (Lipinski definition) is 7. The molecule has 0 bridgehead atoms. The summed E-state index contributed by atoms with van der Waals surface area (Å²) in [6, 6.07) is 15.9. The first-order valence-corrected chi connectivity index (χ1v) is 14.8. The van der Waals surface area contributed by atoms with Crippen molar-refractivity contribution >= 4 is 39.1 Å². The van der Waals surface area contributed by atoms with E-state index in [1.54, 1.807) is 49.6 Å². The highest BCUT2D eigenvalue weighted by atomic mass is 32.2. The average Bonchev–Trinajstić information content (AvgIpc) is 3.36. The number of amides is 2. The van der Waals surface area contributed by atoms with Gasteiger partial charge in [-0.1, -0.05) is 42.8 Å². The Morgan fingerprint density at radius 3 is 2.46 bits per heavy atom. The Hall–Kier alpha value is -4.35. The van der Waals surface area contributed by atoms with Gasteiger partial charge in [-0.3, -0.25) is 19.4 Å². The Morgan fingerprint density at radius 2 is 1.73 bits per heavy atom. The number of hydrogen-bond donors (Lipinski definition) is 1. The fraction of sp³-hybridized carbons (Fsp3) is 0.267. The topological polar surface area (TPSA) is 128 Å². The predicted molar refractivity (Wildman–Crippen MR) is 150 cm³/mol. The molecule has 0 saturated carbocycles. The van der Waals surface area contributed by atoms with Gasteiger partial charge in [0.15, 0.2) is 5.54 Å². The minimum Gasteiger partial charge on any atom is -0.507 e. The van der Waals surface area contributed by atoms with Crippen LogP contribution in [-0.4, -0.2) is 65.4 Å². The molecule has 1 aromatic heterocycles. The Kier molecular flexibility index (Phi) is 6.50. The van der Waals surface area contributed by atoms with Crippen LogP contribution in [-0.2, 0) is 36.5 Å². The number of nitrogens with zero attached hydrogens (tertiary/aromatic N) is 4. The Bertz CT molecular complexity index is 1720. The van der Waals surface area contributed by atoms with Crippen LogP contribution >= 0.6 is 0 Å². The zero-order chi connectivity index (χ0) is 28.9. The van der Waals surface area contributed by atoms with Gasteiger partial charge in [0.2, 0.25) is 10.0 Å². The fourth-order valence-corrected chi connectivity index (χ4v) is 7.63. The number of rotatable bonds is 5. The maximum atomic E-state index is 14.2. The third-order valence-electron chi connectivity index (χ3n) is 8.06. The van der Waals surface area contributed by atoms with E-state index in [4.69, 9.17) is 0 Å². The minimum absolute atomic E-state index is 0.0154. The highest BCUT2D eigenvalue weighted by Gasteiger charge is 2.66. The Balaban J connectivity index is 1.56. The molecule has 2 amide bonds. The standard InChI is InChI=1S/C30H28N4O6S/c1-32-24-13-4-3-12-23(24)30(29(32)38)25(27(36)28(37)34(30)19-20-9-8-14-31-18-20)26(35)21-10-7-11-22(17-21)41(39,40)33-15-5-2-6-16-33/h3-4,7-14,17-18,35H,2,5-6,15-16,19H2,1H3/b26-25+. The number of anilines is 1. The highest BCUT2D eigenvalue weighted by molar-refractivity contribution is 7.89. The number of Topliss-reactive ketones (excluding diaryl/α,β-unsaturated/α-hetero) is 1. The number of aromatic nitrogens is 1. The summed E-state index contributed by atoms with van der Waals surface area (Å²) in [5.74, 6) is -3.19. The third-order valence-corrected chi connectivity index (χ3v) is 9.96. The molecule has 1 atom stereocenters. The van der Waals surface area contributed by atoms with Crippen molar-refractivity contribution in [3.63, 3.8) is 0 Å². The summed E-state index contributed by atoms with van der Waals surface area (Å²) in [6.07, 6.45) is 5.58. The number of carbonyl (C=O) groups excluding carboxylic acids is 3. The number of likely N-dealkylation sites (N-methyl/N-ethyl adjacent to an activating group) is 1. The maximum absolute atomic E-state index is 14.2.